The van der Waals surface area contributed by atoms with Crippen molar-refractivity contribution in [3.05, 3.63) is 30.1 Å². The van der Waals surface area contributed by atoms with Gasteiger partial charge in [-0.15, -0.1) is 0 Å². The van der Waals surface area contributed by atoms with Crippen molar-refractivity contribution in [1.29, 1.82) is 0 Å². The van der Waals surface area contributed by atoms with Crippen LogP contribution in [0, 0.1) is 11.7 Å². The molecule has 1 aromatic rings. The van der Waals surface area contributed by atoms with Gasteiger partial charge in [-0.3, -0.25) is 4.99 Å². The van der Waals surface area contributed by atoms with Gasteiger partial charge in [0.15, 0.2) is 5.96 Å². The molecule has 0 bridgehead atoms. The Labute approximate surface area is 119 Å². The molecule has 2 N–H and O–H groups in total. The Hall–Kier alpha value is -1.58. The lowest BCUT2D eigenvalue weighted by molar-refractivity contribution is 0.389. The molecule has 2 aliphatic rings. The summed E-state index contributed by atoms with van der Waals surface area (Å²) in [6.45, 7) is 0.743. The highest BCUT2D eigenvalue weighted by Crippen LogP contribution is 2.33. The fourth-order valence-corrected chi connectivity index (χ4v) is 3.52. The summed E-state index contributed by atoms with van der Waals surface area (Å²) in [7, 11) is 0. The quantitative estimate of drug-likeness (QED) is 0.841. The molecule has 1 aliphatic heterocycles. The summed E-state index contributed by atoms with van der Waals surface area (Å²) in [5, 5.41) is 0. The first-order valence-electron chi connectivity index (χ1n) is 7.60. The van der Waals surface area contributed by atoms with Gasteiger partial charge in [-0.2, -0.15) is 0 Å². The van der Waals surface area contributed by atoms with Crippen LogP contribution in [-0.4, -0.2) is 18.5 Å². The average molecular weight is 275 g/mol. The van der Waals surface area contributed by atoms with E-state index in [2.05, 4.69) is 4.99 Å². The maximum atomic E-state index is 13.5. The minimum absolute atomic E-state index is 0.221. The number of hydrogen-bond donors (Lipinski definition) is 1. The van der Waals surface area contributed by atoms with Crippen molar-refractivity contribution < 1.29 is 4.39 Å². The number of aliphatic imine (C=N–C) groups is 1. The topological polar surface area (TPSA) is 41.6 Å². The average Bonchev–Trinajstić information content (AvgIpc) is 2.65. The molecular formula is C16H22FN3. The summed E-state index contributed by atoms with van der Waals surface area (Å²) < 4.78 is 13.5. The van der Waals surface area contributed by atoms with Crippen molar-refractivity contribution in [1.82, 2.24) is 0 Å². The Kier molecular flexibility index (Phi) is 3.90. The second-order valence-electron chi connectivity index (χ2n) is 5.87. The van der Waals surface area contributed by atoms with Crippen LogP contribution in [0.15, 0.2) is 29.3 Å². The third kappa shape index (κ3) is 2.65. The zero-order valence-electron chi connectivity index (χ0n) is 11.8. The number of hydrogen-bond acceptors (Lipinski definition) is 3. The number of benzene rings is 1. The van der Waals surface area contributed by atoms with E-state index in [0.29, 0.717) is 17.9 Å². The lowest BCUT2D eigenvalue weighted by atomic mass is 9.91. The van der Waals surface area contributed by atoms with E-state index in [9.17, 15) is 4.39 Å². The first-order chi connectivity index (χ1) is 9.75. The molecule has 4 heteroatoms. The number of nitrogens with zero attached hydrogens (tertiary/aromatic N) is 2. The molecule has 20 heavy (non-hydrogen) atoms. The Bertz CT molecular complexity index is 492. The maximum Gasteiger partial charge on any atom is 0.196 e. The molecular weight excluding hydrogens is 253 g/mol. The van der Waals surface area contributed by atoms with E-state index in [-0.39, 0.29) is 5.82 Å². The van der Waals surface area contributed by atoms with Gasteiger partial charge in [-0.1, -0.05) is 31.7 Å². The van der Waals surface area contributed by atoms with Crippen LogP contribution < -0.4 is 10.6 Å². The summed E-state index contributed by atoms with van der Waals surface area (Å²) in [5.74, 6) is 0.928. The van der Waals surface area contributed by atoms with Crippen molar-refractivity contribution in [2.24, 2.45) is 16.6 Å². The monoisotopic (exact) mass is 275 g/mol. The predicted octanol–water partition coefficient (Wildman–Crippen LogP) is 3.30. The number of nitrogens with two attached hydrogens (primary N) is 1. The van der Waals surface area contributed by atoms with Crippen LogP contribution in [0.3, 0.4) is 0 Å². The van der Waals surface area contributed by atoms with Gasteiger partial charge in [0.05, 0.1) is 12.6 Å². The molecule has 1 aliphatic carbocycles. The van der Waals surface area contributed by atoms with Crippen LogP contribution in [0.2, 0.25) is 0 Å². The smallest absolute Gasteiger partial charge is 0.196 e. The molecule has 1 fully saturated rings. The Morgan fingerprint density at radius 2 is 1.90 bits per heavy atom. The van der Waals surface area contributed by atoms with Crippen LogP contribution in [-0.2, 0) is 0 Å². The van der Waals surface area contributed by atoms with Crippen molar-refractivity contribution in [2.75, 3.05) is 11.4 Å². The summed E-state index contributed by atoms with van der Waals surface area (Å²) in [6.07, 6.45) is 7.72. The molecule has 0 radical (unpaired) electrons. The third-order valence-corrected chi connectivity index (χ3v) is 4.55. The molecule has 0 amide bonds. The Morgan fingerprint density at radius 1 is 1.15 bits per heavy atom. The second-order valence-corrected chi connectivity index (χ2v) is 5.87. The van der Waals surface area contributed by atoms with Crippen LogP contribution >= 0.6 is 0 Å². The minimum Gasteiger partial charge on any atom is -0.370 e. The van der Waals surface area contributed by atoms with Gasteiger partial charge >= 0.3 is 0 Å². The molecule has 3 rings (SSSR count). The van der Waals surface area contributed by atoms with Gasteiger partial charge in [0.1, 0.15) is 5.82 Å². The summed E-state index contributed by atoms with van der Waals surface area (Å²) >= 11 is 0. The van der Waals surface area contributed by atoms with Crippen molar-refractivity contribution in [2.45, 2.75) is 44.6 Å². The first-order valence-corrected chi connectivity index (χ1v) is 7.60. The molecule has 0 saturated heterocycles. The van der Waals surface area contributed by atoms with Crippen molar-refractivity contribution >= 4 is 11.6 Å². The molecule has 1 unspecified atom stereocenters. The van der Waals surface area contributed by atoms with Gasteiger partial charge in [0.25, 0.3) is 0 Å². The highest BCUT2D eigenvalue weighted by atomic mass is 19.1. The van der Waals surface area contributed by atoms with Crippen molar-refractivity contribution in [3.8, 4) is 0 Å². The van der Waals surface area contributed by atoms with E-state index in [4.69, 9.17) is 5.73 Å². The number of halogens is 1. The van der Waals surface area contributed by atoms with E-state index < -0.39 is 0 Å². The number of rotatable bonds is 2. The van der Waals surface area contributed by atoms with E-state index >= 15 is 0 Å². The Balaban J connectivity index is 1.84. The summed E-state index contributed by atoms with van der Waals surface area (Å²) in [5.41, 5.74) is 6.88. The molecule has 108 valence electrons. The van der Waals surface area contributed by atoms with E-state index in [0.717, 1.165) is 12.2 Å². The first kappa shape index (κ1) is 13.4. The van der Waals surface area contributed by atoms with E-state index in [1.807, 2.05) is 11.0 Å². The maximum absolute atomic E-state index is 13.5. The zero-order chi connectivity index (χ0) is 13.9. The number of guanidine groups is 1. The molecule has 3 nitrogen and oxygen atoms in total. The fourth-order valence-electron chi connectivity index (χ4n) is 3.52. The van der Waals surface area contributed by atoms with Crippen LogP contribution in [0.4, 0.5) is 10.1 Å². The highest BCUT2D eigenvalue weighted by molar-refractivity contribution is 5.97. The lowest BCUT2D eigenvalue weighted by Gasteiger charge is -2.32. The lowest BCUT2D eigenvalue weighted by Crippen LogP contribution is -2.44. The summed E-state index contributed by atoms with van der Waals surface area (Å²) in [4.78, 5) is 6.45. The van der Waals surface area contributed by atoms with E-state index in [1.165, 1.54) is 44.6 Å². The van der Waals surface area contributed by atoms with Gasteiger partial charge in [-0.25, -0.2) is 4.39 Å². The van der Waals surface area contributed by atoms with E-state index in [1.54, 1.807) is 12.1 Å². The summed E-state index contributed by atoms with van der Waals surface area (Å²) in [6, 6.07) is 6.97. The minimum atomic E-state index is -0.221. The normalized spacial score (nSPS) is 24.6. The molecule has 1 heterocycles. The van der Waals surface area contributed by atoms with Gasteiger partial charge in [0, 0.05) is 5.69 Å². The molecule has 1 aromatic carbocycles. The van der Waals surface area contributed by atoms with Gasteiger partial charge in [0.2, 0.25) is 0 Å². The Morgan fingerprint density at radius 3 is 2.60 bits per heavy atom. The molecule has 1 saturated carbocycles. The predicted molar refractivity (Wildman–Crippen MR) is 80.3 cm³/mol. The zero-order valence-corrected chi connectivity index (χ0v) is 11.8. The highest BCUT2D eigenvalue weighted by Gasteiger charge is 2.34. The van der Waals surface area contributed by atoms with Crippen molar-refractivity contribution in [3.63, 3.8) is 0 Å². The molecule has 0 aromatic heterocycles. The second kappa shape index (κ2) is 5.81. The van der Waals surface area contributed by atoms with Gasteiger partial charge in [-0.05, 0) is 37.0 Å². The SMILES string of the molecule is NC1=NCC(C2CCCCCC2)N1c1cccc(F)c1. The largest absolute Gasteiger partial charge is 0.370 e. The van der Waals surface area contributed by atoms with Crippen LogP contribution in [0.25, 0.3) is 0 Å². The standard InChI is InChI=1S/C16H22FN3/c17-13-8-5-9-14(10-13)20-15(11-19-16(20)18)12-6-3-1-2-4-7-12/h5,8-10,12,15H,1-4,6-7,11H2,(H2,18,19). The van der Waals surface area contributed by atoms with Gasteiger partial charge < -0.3 is 10.6 Å². The molecule has 0 spiro atoms. The molecule has 1 atom stereocenters. The fraction of sp³-hybridized carbons (Fsp3) is 0.562. The van der Waals surface area contributed by atoms with Crippen LogP contribution in [0.5, 0.6) is 0 Å². The third-order valence-electron chi connectivity index (χ3n) is 4.55. The number of anilines is 1. The van der Waals surface area contributed by atoms with Crippen LogP contribution in [0.1, 0.15) is 38.5 Å².